The number of aromatic amines is 1. The van der Waals surface area contributed by atoms with Crippen molar-refractivity contribution in [3.63, 3.8) is 0 Å². The van der Waals surface area contributed by atoms with Crippen LogP contribution in [0.1, 0.15) is 88.1 Å². The lowest BCUT2D eigenvalue weighted by molar-refractivity contribution is -0.132. The number of benzene rings is 2. The Kier molecular flexibility index (Phi) is 10.5. The molecule has 0 atom stereocenters. The van der Waals surface area contributed by atoms with Crippen molar-refractivity contribution in [1.82, 2.24) is 14.7 Å². The van der Waals surface area contributed by atoms with Crippen molar-refractivity contribution < 1.29 is 9.59 Å². The number of ketones is 1. The Morgan fingerprint density at radius 3 is 2.14 bits per heavy atom. The highest BCUT2D eigenvalue weighted by Gasteiger charge is 2.27. The summed E-state index contributed by atoms with van der Waals surface area (Å²) < 4.78 is 1.41. The molecule has 0 unspecified atom stereocenters. The standard InChI is InChI=1S/C31H41N3O3/c1-5-6-7-8-9-10-14-17-28(36)33(23(2)3)22-27(35)29-30(25-15-12-11-13-16-25)32-34(31(29)37)26-20-18-24(4)19-21-26/h11-13,15-16,18-21,23,32H,5-10,14,17,22H2,1-4H3. The minimum absolute atomic E-state index is 0.0347. The second kappa shape index (κ2) is 13.8. The molecule has 1 amide bonds. The number of unbranched alkanes of at least 4 members (excludes halogenated alkanes) is 6. The van der Waals surface area contributed by atoms with E-state index in [1.54, 1.807) is 4.90 Å². The van der Waals surface area contributed by atoms with Crippen LogP contribution in [0.15, 0.2) is 59.4 Å². The van der Waals surface area contributed by atoms with Crippen LogP contribution in [-0.2, 0) is 4.79 Å². The van der Waals surface area contributed by atoms with E-state index in [-0.39, 0.29) is 29.8 Å². The summed E-state index contributed by atoms with van der Waals surface area (Å²) in [6.45, 7) is 7.89. The zero-order valence-electron chi connectivity index (χ0n) is 22.8. The summed E-state index contributed by atoms with van der Waals surface area (Å²) >= 11 is 0. The van der Waals surface area contributed by atoms with Gasteiger partial charge in [-0.25, -0.2) is 4.68 Å². The molecular formula is C31H41N3O3. The number of nitrogens with one attached hydrogen (secondary N) is 1. The lowest BCUT2D eigenvalue weighted by atomic mass is 10.0. The number of H-pyrrole nitrogens is 1. The Balaban J connectivity index is 1.81. The van der Waals surface area contributed by atoms with Crippen LogP contribution < -0.4 is 5.56 Å². The maximum Gasteiger partial charge on any atom is 0.282 e. The van der Waals surface area contributed by atoms with Crippen LogP contribution in [0.3, 0.4) is 0 Å². The normalized spacial score (nSPS) is 11.2. The molecule has 1 aromatic heterocycles. The minimum atomic E-state index is -0.407. The van der Waals surface area contributed by atoms with E-state index in [2.05, 4.69) is 12.0 Å². The van der Waals surface area contributed by atoms with Gasteiger partial charge < -0.3 is 4.90 Å². The molecular weight excluding hydrogens is 462 g/mol. The van der Waals surface area contributed by atoms with E-state index >= 15 is 0 Å². The van der Waals surface area contributed by atoms with Crippen LogP contribution in [0.5, 0.6) is 0 Å². The molecule has 3 rings (SSSR count). The summed E-state index contributed by atoms with van der Waals surface area (Å²) in [6, 6.07) is 16.8. The van der Waals surface area contributed by atoms with E-state index in [0.717, 1.165) is 30.4 Å². The first-order chi connectivity index (χ1) is 17.8. The maximum absolute atomic E-state index is 13.6. The van der Waals surface area contributed by atoms with Gasteiger partial charge in [-0.3, -0.25) is 19.5 Å². The van der Waals surface area contributed by atoms with E-state index in [9.17, 15) is 14.4 Å². The van der Waals surface area contributed by atoms with Gasteiger partial charge in [-0.15, -0.1) is 0 Å². The van der Waals surface area contributed by atoms with E-state index < -0.39 is 5.56 Å². The van der Waals surface area contributed by atoms with E-state index in [1.807, 2.05) is 75.4 Å². The molecule has 1 heterocycles. The van der Waals surface area contributed by atoms with Crippen molar-refractivity contribution in [3.05, 3.63) is 76.1 Å². The average molecular weight is 504 g/mol. The number of amides is 1. The molecule has 0 saturated heterocycles. The summed E-state index contributed by atoms with van der Waals surface area (Å²) in [4.78, 5) is 41.8. The molecule has 0 saturated carbocycles. The smallest absolute Gasteiger partial charge is 0.282 e. The van der Waals surface area contributed by atoms with Crippen molar-refractivity contribution in [1.29, 1.82) is 0 Å². The number of nitrogens with zero attached hydrogens (tertiary/aromatic N) is 2. The van der Waals surface area contributed by atoms with Crippen LogP contribution in [0.2, 0.25) is 0 Å². The van der Waals surface area contributed by atoms with Crippen LogP contribution in [0.4, 0.5) is 0 Å². The van der Waals surface area contributed by atoms with E-state index in [1.165, 1.54) is 30.4 Å². The number of hydrogen-bond acceptors (Lipinski definition) is 3. The number of hydrogen-bond donors (Lipinski definition) is 1. The van der Waals surface area contributed by atoms with Gasteiger partial charge in [0.15, 0.2) is 5.78 Å². The number of rotatable bonds is 14. The molecule has 37 heavy (non-hydrogen) atoms. The lowest BCUT2D eigenvalue weighted by Gasteiger charge is -2.26. The highest BCUT2D eigenvalue weighted by Crippen LogP contribution is 2.22. The Morgan fingerprint density at radius 1 is 0.892 bits per heavy atom. The van der Waals surface area contributed by atoms with Gasteiger partial charge in [-0.2, -0.15) is 0 Å². The van der Waals surface area contributed by atoms with Gasteiger partial charge in [0.05, 0.1) is 17.9 Å². The topological polar surface area (TPSA) is 75.2 Å². The Bertz CT molecular complexity index is 1210. The molecule has 3 aromatic rings. The molecule has 1 N–H and O–H groups in total. The van der Waals surface area contributed by atoms with Gasteiger partial charge in [-0.05, 0) is 39.3 Å². The number of Topliss-reactive ketones (excluding diaryl/α,β-unsaturated/α-hetero) is 1. The van der Waals surface area contributed by atoms with Crippen LogP contribution in [0, 0.1) is 6.92 Å². The fourth-order valence-corrected chi connectivity index (χ4v) is 4.55. The molecule has 0 radical (unpaired) electrons. The van der Waals surface area contributed by atoms with Crippen molar-refractivity contribution in [2.45, 2.75) is 85.1 Å². The summed E-state index contributed by atoms with van der Waals surface area (Å²) in [5.74, 6) is -0.389. The van der Waals surface area contributed by atoms with Gasteiger partial charge in [0, 0.05) is 18.0 Å². The first-order valence-corrected chi connectivity index (χ1v) is 13.6. The van der Waals surface area contributed by atoms with Gasteiger partial charge in [0.2, 0.25) is 5.91 Å². The van der Waals surface area contributed by atoms with Gasteiger partial charge in [-0.1, -0.05) is 93.5 Å². The predicted octanol–water partition coefficient (Wildman–Crippen LogP) is 6.70. The minimum Gasteiger partial charge on any atom is -0.333 e. The number of carbonyl (C=O) groups is 2. The number of aromatic nitrogens is 2. The van der Waals surface area contributed by atoms with Crippen LogP contribution in [-0.4, -0.2) is 39.0 Å². The average Bonchev–Trinajstić information content (AvgIpc) is 3.24. The van der Waals surface area contributed by atoms with Crippen LogP contribution >= 0.6 is 0 Å². The SMILES string of the molecule is CCCCCCCCCC(=O)N(CC(=O)c1c(-c2ccccc2)[nH]n(-c2ccc(C)cc2)c1=O)C(C)C. The molecule has 0 fully saturated rings. The third kappa shape index (κ3) is 7.54. The Labute approximate surface area is 220 Å². The van der Waals surface area contributed by atoms with Crippen LogP contribution in [0.25, 0.3) is 16.9 Å². The molecule has 0 aliphatic carbocycles. The summed E-state index contributed by atoms with van der Waals surface area (Å²) in [5.41, 5.74) is 2.63. The van der Waals surface area contributed by atoms with Gasteiger partial charge >= 0.3 is 0 Å². The fraction of sp³-hybridized carbons (Fsp3) is 0.452. The first-order valence-electron chi connectivity index (χ1n) is 13.6. The van der Waals surface area contributed by atoms with E-state index in [4.69, 9.17) is 0 Å². The third-order valence-electron chi connectivity index (χ3n) is 6.78. The molecule has 198 valence electrons. The Hall–Kier alpha value is -3.41. The van der Waals surface area contributed by atoms with Gasteiger partial charge in [0.25, 0.3) is 5.56 Å². The monoisotopic (exact) mass is 503 g/mol. The second-order valence-electron chi connectivity index (χ2n) is 10.1. The molecule has 6 nitrogen and oxygen atoms in total. The van der Waals surface area contributed by atoms with Crippen molar-refractivity contribution in [2.24, 2.45) is 0 Å². The summed E-state index contributed by atoms with van der Waals surface area (Å²) in [5, 5.41) is 3.16. The third-order valence-corrected chi connectivity index (χ3v) is 6.78. The predicted molar refractivity (Wildman–Crippen MR) is 150 cm³/mol. The van der Waals surface area contributed by atoms with Crippen molar-refractivity contribution in [3.8, 4) is 16.9 Å². The molecule has 0 aliphatic heterocycles. The molecule has 6 heteroatoms. The van der Waals surface area contributed by atoms with Gasteiger partial charge in [0.1, 0.15) is 5.56 Å². The molecule has 0 aliphatic rings. The molecule has 0 bridgehead atoms. The maximum atomic E-state index is 13.6. The van der Waals surface area contributed by atoms with Crippen molar-refractivity contribution in [2.75, 3.05) is 6.54 Å². The summed E-state index contributed by atoms with van der Waals surface area (Å²) in [6.07, 6.45) is 8.34. The number of aryl methyl sites for hydroxylation is 1. The number of carbonyl (C=O) groups excluding carboxylic acids is 2. The zero-order chi connectivity index (χ0) is 26.8. The zero-order valence-corrected chi connectivity index (χ0v) is 22.8. The highest BCUT2D eigenvalue weighted by atomic mass is 16.2. The summed E-state index contributed by atoms with van der Waals surface area (Å²) in [7, 11) is 0. The largest absolute Gasteiger partial charge is 0.333 e. The Morgan fingerprint density at radius 2 is 1.51 bits per heavy atom. The van der Waals surface area contributed by atoms with Crippen molar-refractivity contribution >= 4 is 11.7 Å². The lowest BCUT2D eigenvalue weighted by Crippen LogP contribution is -2.41. The highest BCUT2D eigenvalue weighted by molar-refractivity contribution is 6.03. The molecule has 0 spiro atoms. The first kappa shape index (κ1) is 28.2. The van der Waals surface area contributed by atoms with E-state index in [0.29, 0.717) is 17.8 Å². The second-order valence-corrected chi connectivity index (χ2v) is 10.1. The fourth-order valence-electron chi connectivity index (χ4n) is 4.55. The quantitative estimate of drug-likeness (QED) is 0.196. The molecule has 2 aromatic carbocycles.